The molecule has 2 aromatic rings. The third-order valence-corrected chi connectivity index (χ3v) is 3.57. The molecule has 1 heterocycles. The first-order valence-electron chi connectivity index (χ1n) is 7.51. The molecule has 2 N–H and O–H groups in total. The molecule has 1 atom stereocenters. The number of halogens is 2. The minimum Gasteiger partial charge on any atom is -0.468 e. The van der Waals surface area contributed by atoms with Gasteiger partial charge in [-0.3, -0.25) is 9.78 Å². The maximum atomic E-state index is 11.3. The van der Waals surface area contributed by atoms with Crippen LogP contribution in [0.1, 0.15) is 24.6 Å². The highest BCUT2D eigenvalue weighted by Crippen LogP contribution is 2.21. The van der Waals surface area contributed by atoms with E-state index in [1.807, 2.05) is 36.5 Å². The van der Waals surface area contributed by atoms with Crippen LogP contribution in [0.4, 0.5) is 0 Å². The van der Waals surface area contributed by atoms with Gasteiger partial charge in [-0.05, 0) is 41.7 Å². The van der Waals surface area contributed by atoms with Crippen LogP contribution in [-0.4, -0.2) is 24.1 Å². The quantitative estimate of drug-likeness (QED) is 0.789. The zero-order chi connectivity index (χ0) is 15.9. The molecule has 1 aromatic carbocycles. The second-order valence-electron chi connectivity index (χ2n) is 5.32. The molecule has 0 saturated carbocycles. The van der Waals surface area contributed by atoms with Crippen molar-refractivity contribution in [2.45, 2.75) is 32.2 Å². The van der Waals surface area contributed by atoms with Crippen LogP contribution >= 0.6 is 24.8 Å². The fourth-order valence-electron chi connectivity index (χ4n) is 2.37. The van der Waals surface area contributed by atoms with Crippen molar-refractivity contribution in [3.63, 3.8) is 0 Å². The maximum absolute atomic E-state index is 11.3. The van der Waals surface area contributed by atoms with Crippen LogP contribution in [0.3, 0.4) is 0 Å². The number of pyridine rings is 1. The van der Waals surface area contributed by atoms with Crippen LogP contribution in [0.15, 0.2) is 42.6 Å². The van der Waals surface area contributed by atoms with E-state index in [-0.39, 0.29) is 30.8 Å². The van der Waals surface area contributed by atoms with Crippen molar-refractivity contribution < 1.29 is 9.53 Å². The van der Waals surface area contributed by atoms with Gasteiger partial charge in [-0.2, -0.15) is 0 Å². The molecule has 0 aliphatic heterocycles. The topological polar surface area (TPSA) is 65.2 Å². The lowest BCUT2D eigenvalue weighted by molar-refractivity contribution is -0.142. The molecule has 2 rings (SSSR count). The molecule has 6 heteroatoms. The summed E-state index contributed by atoms with van der Waals surface area (Å²) in [7, 11) is 1.35. The number of nitrogens with zero attached hydrogens (tertiary/aromatic N) is 1. The number of esters is 1. The zero-order valence-corrected chi connectivity index (χ0v) is 15.5. The summed E-state index contributed by atoms with van der Waals surface area (Å²) < 4.78 is 4.64. The number of ether oxygens (including phenoxy) is 1. The molecule has 0 spiro atoms. The van der Waals surface area contributed by atoms with Gasteiger partial charge in [0.05, 0.1) is 7.11 Å². The Labute approximate surface area is 155 Å². The van der Waals surface area contributed by atoms with Crippen molar-refractivity contribution in [2.24, 2.45) is 5.73 Å². The fraction of sp³-hybridized carbons (Fsp3) is 0.333. The first-order chi connectivity index (χ1) is 10.6. The van der Waals surface area contributed by atoms with Gasteiger partial charge < -0.3 is 10.5 Å². The molecule has 0 amide bonds. The Morgan fingerprint density at radius 2 is 1.83 bits per heavy atom. The molecule has 24 heavy (non-hydrogen) atoms. The first kappa shape index (κ1) is 22.4. The van der Waals surface area contributed by atoms with Gasteiger partial charge in [0.25, 0.3) is 0 Å². The molecule has 0 aliphatic carbocycles. The summed E-state index contributed by atoms with van der Waals surface area (Å²) in [5.41, 5.74) is 10.2. The van der Waals surface area contributed by atoms with Crippen molar-refractivity contribution in [2.75, 3.05) is 7.11 Å². The van der Waals surface area contributed by atoms with Crippen molar-refractivity contribution in [1.82, 2.24) is 4.98 Å². The number of hydrogen-bond donors (Lipinski definition) is 1. The first-order valence-corrected chi connectivity index (χ1v) is 7.51. The van der Waals surface area contributed by atoms with E-state index in [1.54, 1.807) is 0 Å². The normalized spacial score (nSPS) is 11.0. The molecular formula is C18H24Cl2N2O2. The Balaban J connectivity index is 0.00000264. The average Bonchev–Trinajstić information content (AvgIpc) is 2.55. The van der Waals surface area contributed by atoms with Crippen LogP contribution < -0.4 is 5.73 Å². The van der Waals surface area contributed by atoms with Gasteiger partial charge in [0.2, 0.25) is 0 Å². The van der Waals surface area contributed by atoms with Crippen LogP contribution in [-0.2, 0) is 22.4 Å². The Morgan fingerprint density at radius 3 is 2.42 bits per heavy atom. The minimum absolute atomic E-state index is 0. The lowest BCUT2D eigenvalue weighted by Crippen LogP contribution is -2.33. The summed E-state index contributed by atoms with van der Waals surface area (Å²) >= 11 is 0. The molecule has 132 valence electrons. The molecular weight excluding hydrogens is 347 g/mol. The SMILES string of the molecule is CCCc1cc(-c2ccc(C[C@H](N)C(=O)OC)cc2)ccn1.Cl.Cl. The Morgan fingerprint density at radius 1 is 1.17 bits per heavy atom. The highest BCUT2D eigenvalue weighted by molar-refractivity contribution is 5.85. The smallest absolute Gasteiger partial charge is 0.322 e. The molecule has 1 aromatic heterocycles. The average molecular weight is 371 g/mol. The number of carbonyl (C=O) groups excluding carboxylic acids is 1. The van der Waals surface area contributed by atoms with Crippen molar-refractivity contribution >= 4 is 30.8 Å². The number of rotatable bonds is 6. The molecule has 0 bridgehead atoms. The number of aryl methyl sites for hydroxylation is 1. The van der Waals surface area contributed by atoms with E-state index in [0.29, 0.717) is 6.42 Å². The van der Waals surface area contributed by atoms with E-state index in [2.05, 4.69) is 22.7 Å². The van der Waals surface area contributed by atoms with Gasteiger partial charge in [-0.1, -0.05) is 37.6 Å². The number of methoxy groups -OCH3 is 1. The predicted octanol–water partition coefficient (Wildman–Crippen LogP) is 3.59. The lowest BCUT2D eigenvalue weighted by atomic mass is 10.0. The van der Waals surface area contributed by atoms with Gasteiger partial charge in [-0.25, -0.2) is 0 Å². The van der Waals surface area contributed by atoms with Crippen molar-refractivity contribution in [3.05, 3.63) is 53.9 Å². The Hall–Kier alpha value is -1.62. The molecule has 0 saturated heterocycles. The van der Waals surface area contributed by atoms with E-state index in [1.165, 1.54) is 7.11 Å². The summed E-state index contributed by atoms with van der Waals surface area (Å²) in [6.07, 6.45) is 4.40. The number of carbonyl (C=O) groups is 1. The number of hydrogen-bond acceptors (Lipinski definition) is 4. The highest BCUT2D eigenvalue weighted by atomic mass is 35.5. The summed E-state index contributed by atoms with van der Waals surface area (Å²) in [6.45, 7) is 2.15. The summed E-state index contributed by atoms with van der Waals surface area (Å²) in [5.74, 6) is -0.387. The summed E-state index contributed by atoms with van der Waals surface area (Å²) in [6, 6.07) is 11.6. The van der Waals surface area contributed by atoms with E-state index in [4.69, 9.17) is 5.73 Å². The summed E-state index contributed by atoms with van der Waals surface area (Å²) in [5, 5.41) is 0. The molecule has 0 aliphatic rings. The fourth-order valence-corrected chi connectivity index (χ4v) is 2.37. The van der Waals surface area contributed by atoms with Crippen LogP contribution in [0.2, 0.25) is 0 Å². The second kappa shape index (κ2) is 11.0. The lowest BCUT2D eigenvalue weighted by Gasteiger charge is -2.10. The maximum Gasteiger partial charge on any atom is 0.322 e. The standard InChI is InChI=1S/C18H22N2O2.2ClH/c1-3-4-16-12-15(9-10-20-16)14-7-5-13(6-8-14)11-17(19)18(21)22-2;;/h5-10,12,17H,3-4,11,19H2,1-2H3;2*1H/t17-;;/m0../s1. The molecule has 4 nitrogen and oxygen atoms in total. The van der Waals surface area contributed by atoms with E-state index < -0.39 is 6.04 Å². The molecule has 0 unspecified atom stereocenters. The third-order valence-electron chi connectivity index (χ3n) is 3.57. The van der Waals surface area contributed by atoms with Crippen molar-refractivity contribution in [1.29, 1.82) is 0 Å². The Bertz CT molecular complexity index is 633. The number of aromatic nitrogens is 1. The minimum atomic E-state index is -0.618. The zero-order valence-electron chi connectivity index (χ0n) is 13.9. The van der Waals surface area contributed by atoms with Gasteiger partial charge in [0, 0.05) is 11.9 Å². The van der Waals surface area contributed by atoms with Crippen LogP contribution in [0.5, 0.6) is 0 Å². The predicted molar refractivity (Wildman–Crippen MR) is 102 cm³/mol. The second-order valence-corrected chi connectivity index (χ2v) is 5.32. The van der Waals surface area contributed by atoms with E-state index in [9.17, 15) is 4.79 Å². The van der Waals surface area contributed by atoms with Crippen LogP contribution in [0, 0.1) is 0 Å². The van der Waals surface area contributed by atoms with Crippen molar-refractivity contribution in [3.8, 4) is 11.1 Å². The van der Waals surface area contributed by atoms with E-state index in [0.717, 1.165) is 35.2 Å². The number of benzene rings is 1. The van der Waals surface area contributed by atoms with E-state index >= 15 is 0 Å². The number of nitrogens with two attached hydrogens (primary N) is 1. The molecule has 0 radical (unpaired) electrons. The molecule has 0 fully saturated rings. The Kier molecular flexibility index (Phi) is 10.3. The van der Waals surface area contributed by atoms with Crippen LogP contribution in [0.25, 0.3) is 11.1 Å². The summed E-state index contributed by atoms with van der Waals surface area (Å²) in [4.78, 5) is 15.7. The van der Waals surface area contributed by atoms with Gasteiger partial charge in [0.1, 0.15) is 6.04 Å². The monoisotopic (exact) mass is 370 g/mol. The highest BCUT2D eigenvalue weighted by Gasteiger charge is 2.14. The van der Waals surface area contributed by atoms with Gasteiger partial charge >= 0.3 is 5.97 Å². The van der Waals surface area contributed by atoms with Gasteiger partial charge in [-0.15, -0.1) is 24.8 Å². The van der Waals surface area contributed by atoms with Gasteiger partial charge in [0.15, 0.2) is 0 Å². The largest absolute Gasteiger partial charge is 0.468 e. The third kappa shape index (κ3) is 6.11.